The molecule has 1 fully saturated rings. The monoisotopic (exact) mass is 375 g/mol. The summed E-state index contributed by atoms with van der Waals surface area (Å²) in [5.74, 6) is -0.131. The molecule has 1 aliphatic heterocycles. The largest absolute Gasteiger partial charge is 0.334 e. The number of amides is 1. The van der Waals surface area contributed by atoms with Crippen molar-refractivity contribution in [2.24, 2.45) is 5.14 Å². The number of rotatable bonds is 5. The topological polar surface area (TPSA) is 92.5 Å². The summed E-state index contributed by atoms with van der Waals surface area (Å²) in [4.78, 5) is 14.8. The van der Waals surface area contributed by atoms with Crippen molar-refractivity contribution in [3.8, 4) is 0 Å². The SMILES string of the molecule is CCCN(C(=O)c1cc(C)c(C)c(S(N)(=O)=O)c1)C1CCNC1.Cl. The van der Waals surface area contributed by atoms with Crippen LogP contribution in [0.15, 0.2) is 17.0 Å². The van der Waals surface area contributed by atoms with E-state index in [0.29, 0.717) is 17.7 Å². The van der Waals surface area contributed by atoms with Crippen LogP contribution in [0, 0.1) is 13.8 Å². The van der Waals surface area contributed by atoms with Crippen molar-refractivity contribution < 1.29 is 13.2 Å². The first-order chi connectivity index (χ1) is 10.8. The van der Waals surface area contributed by atoms with E-state index in [9.17, 15) is 13.2 Å². The molecular formula is C16H26ClN3O3S. The van der Waals surface area contributed by atoms with Gasteiger partial charge in [-0.3, -0.25) is 4.79 Å². The lowest BCUT2D eigenvalue weighted by molar-refractivity contribution is 0.0692. The Morgan fingerprint density at radius 1 is 1.38 bits per heavy atom. The van der Waals surface area contributed by atoms with Gasteiger partial charge in [0, 0.05) is 24.7 Å². The van der Waals surface area contributed by atoms with Crippen LogP contribution in [0.2, 0.25) is 0 Å². The van der Waals surface area contributed by atoms with E-state index >= 15 is 0 Å². The molecule has 24 heavy (non-hydrogen) atoms. The van der Waals surface area contributed by atoms with Crippen LogP contribution in [-0.2, 0) is 10.0 Å². The molecule has 1 aromatic carbocycles. The molecule has 0 radical (unpaired) electrons. The van der Waals surface area contributed by atoms with Gasteiger partial charge in [0.1, 0.15) is 0 Å². The standard InChI is InChI=1S/C16H25N3O3S.ClH/c1-4-7-19(14-5-6-18-10-14)16(20)13-8-11(2)12(3)15(9-13)23(17,21)22;/h8-9,14,18H,4-7,10H2,1-3H3,(H2,17,21,22);1H. The summed E-state index contributed by atoms with van der Waals surface area (Å²) < 4.78 is 23.6. The van der Waals surface area contributed by atoms with Crippen molar-refractivity contribution in [3.05, 3.63) is 28.8 Å². The molecule has 1 amide bonds. The molecule has 0 aromatic heterocycles. The average molecular weight is 376 g/mol. The molecule has 0 bridgehead atoms. The van der Waals surface area contributed by atoms with Gasteiger partial charge in [0.05, 0.1) is 4.90 Å². The number of carbonyl (C=O) groups excluding carboxylic acids is 1. The van der Waals surface area contributed by atoms with Gasteiger partial charge in [-0.05, 0) is 56.5 Å². The number of nitrogens with two attached hydrogens (primary N) is 1. The maximum Gasteiger partial charge on any atom is 0.254 e. The van der Waals surface area contributed by atoms with Crippen LogP contribution in [-0.4, -0.2) is 44.9 Å². The number of carbonyl (C=O) groups is 1. The zero-order chi connectivity index (χ0) is 17.2. The van der Waals surface area contributed by atoms with Crippen LogP contribution >= 0.6 is 12.4 Å². The number of halogens is 1. The maximum absolute atomic E-state index is 12.9. The Kier molecular flexibility index (Phi) is 7.22. The maximum atomic E-state index is 12.9. The van der Waals surface area contributed by atoms with E-state index in [-0.39, 0.29) is 29.3 Å². The van der Waals surface area contributed by atoms with Crippen molar-refractivity contribution in [2.45, 2.75) is 44.6 Å². The molecule has 1 heterocycles. The molecule has 1 aromatic rings. The number of nitrogens with one attached hydrogen (secondary N) is 1. The van der Waals surface area contributed by atoms with Gasteiger partial charge in [0.15, 0.2) is 0 Å². The number of aryl methyl sites for hydroxylation is 1. The van der Waals surface area contributed by atoms with Gasteiger partial charge in [0.2, 0.25) is 10.0 Å². The molecule has 1 atom stereocenters. The molecule has 136 valence electrons. The highest BCUT2D eigenvalue weighted by molar-refractivity contribution is 7.89. The van der Waals surface area contributed by atoms with Gasteiger partial charge < -0.3 is 10.2 Å². The molecule has 0 aliphatic carbocycles. The molecule has 1 saturated heterocycles. The van der Waals surface area contributed by atoms with Crippen molar-refractivity contribution >= 4 is 28.3 Å². The fourth-order valence-corrected chi connectivity index (χ4v) is 3.89. The van der Waals surface area contributed by atoms with E-state index in [1.807, 2.05) is 11.8 Å². The third-order valence-electron chi connectivity index (χ3n) is 4.37. The number of hydrogen-bond acceptors (Lipinski definition) is 4. The number of primary sulfonamides is 1. The number of benzene rings is 1. The normalized spacial score (nSPS) is 17.4. The highest BCUT2D eigenvalue weighted by atomic mass is 35.5. The van der Waals surface area contributed by atoms with Crippen LogP contribution < -0.4 is 10.5 Å². The first-order valence-electron chi connectivity index (χ1n) is 7.91. The van der Waals surface area contributed by atoms with Crippen LogP contribution in [0.3, 0.4) is 0 Å². The van der Waals surface area contributed by atoms with E-state index in [1.165, 1.54) is 6.07 Å². The number of sulfonamides is 1. The lowest BCUT2D eigenvalue weighted by atomic mass is 10.0. The molecule has 2 rings (SSSR count). The third kappa shape index (κ3) is 4.47. The minimum Gasteiger partial charge on any atom is -0.334 e. The van der Waals surface area contributed by atoms with Crippen LogP contribution in [0.5, 0.6) is 0 Å². The Morgan fingerprint density at radius 2 is 2.04 bits per heavy atom. The highest BCUT2D eigenvalue weighted by Crippen LogP contribution is 2.22. The Morgan fingerprint density at radius 3 is 2.54 bits per heavy atom. The summed E-state index contributed by atoms with van der Waals surface area (Å²) in [6.45, 7) is 7.85. The summed E-state index contributed by atoms with van der Waals surface area (Å²) in [7, 11) is -3.85. The minimum atomic E-state index is -3.85. The minimum absolute atomic E-state index is 0. The zero-order valence-corrected chi connectivity index (χ0v) is 16.0. The van der Waals surface area contributed by atoms with Crippen LogP contribution in [0.25, 0.3) is 0 Å². The second-order valence-electron chi connectivity index (χ2n) is 6.11. The van der Waals surface area contributed by atoms with E-state index in [0.717, 1.165) is 31.5 Å². The first kappa shape index (κ1) is 20.9. The zero-order valence-electron chi connectivity index (χ0n) is 14.3. The first-order valence-corrected chi connectivity index (χ1v) is 9.46. The molecule has 3 N–H and O–H groups in total. The van der Waals surface area contributed by atoms with E-state index < -0.39 is 10.0 Å². The lowest BCUT2D eigenvalue weighted by Gasteiger charge is -2.28. The Labute approximate surface area is 150 Å². The van der Waals surface area contributed by atoms with Gasteiger partial charge >= 0.3 is 0 Å². The van der Waals surface area contributed by atoms with Crippen LogP contribution in [0.4, 0.5) is 0 Å². The summed E-state index contributed by atoms with van der Waals surface area (Å²) in [5, 5.41) is 8.55. The van der Waals surface area contributed by atoms with Crippen molar-refractivity contribution in [2.75, 3.05) is 19.6 Å². The van der Waals surface area contributed by atoms with Crippen molar-refractivity contribution in [1.29, 1.82) is 0 Å². The lowest BCUT2D eigenvalue weighted by Crippen LogP contribution is -2.42. The van der Waals surface area contributed by atoms with Crippen molar-refractivity contribution in [1.82, 2.24) is 10.2 Å². The van der Waals surface area contributed by atoms with Gasteiger partial charge in [-0.1, -0.05) is 6.92 Å². The molecule has 1 unspecified atom stereocenters. The molecule has 6 nitrogen and oxygen atoms in total. The summed E-state index contributed by atoms with van der Waals surface area (Å²) in [5.41, 5.74) is 1.73. The summed E-state index contributed by atoms with van der Waals surface area (Å²) in [6.07, 6.45) is 1.77. The molecule has 0 spiro atoms. The summed E-state index contributed by atoms with van der Waals surface area (Å²) >= 11 is 0. The smallest absolute Gasteiger partial charge is 0.254 e. The Bertz CT molecular complexity index is 701. The average Bonchev–Trinajstić information content (AvgIpc) is 2.99. The molecule has 0 saturated carbocycles. The van der Waals surface area contributed by atoms with Gasteiger partial charge in [-0.2, -0.15) is 0 Å². The predicted octanol–water partition coefficient (Wildman–Crippen LogP) is 1.59. The second-order valence-corrected chi connectivity index (χ2v) is 7.64. The molecule has 8 heteroatoms. The Balaban J connectivity index is 0.00000288. The van der Waals surface area contributed by atoms with E-state index in [4.69, 9.17) is 5.14 Å². The fraction of sp³-hybridized carbons (Fsp3) is 0.562. The second kappa shape index (κ2) is 8.29. The van der Waals surface area contributed by atoms with Crippen molar-refractivity contribution in [3.63, 3.8) is 0 Å². The van der Waals surface area contributed by atoms with Gasteiger partial charge in [-0.25, -0.2) is 13.6 Å². The van der Waals surface area contributed by atoms with Gasteiger partial charge in [-0.15, -0.1) is 12.4 Å². The highest BCUT2D eigenvalue weighted by Gasteiger charge is 2.28. The Hall–Kier alpha value is -1.15. The van der Waals surface area contributed by atoms with Gasteiger partial charge in [0.25, 0.3) is 5.91 Å². The number of nitrogens with zero attached hydrogens (tertiary/aromatic N) is 1. The predicted molar refractivity (Wildman–Crippen MR) is 97.1 cm³/mol. The fourth-order valence-electron chi connectivity index (χ4n) is 3.01. The molecule has 1 aliphatic rings. The van der Waals surface area contributed by atoms with E-state index in [1.54, 1.807) is 19.9 Å². The van der Waals surface area contributed by atoms with E-state index in [2.05, 4.69) is 5.32 Å². The molecular weight excluding hydrogens is 350 g/mol. The summed E-state index contributed by atoms with van der Waals surface area (Å²) in [6, 6.07) is 3.31. The third-order valence-corrected chi connectivity index (χ3v) is 5.41. The van der Waals surface area contributed by atoms with Crippen LogP contribution in [0.1, 0.15) is 41.3 Å². The quantitative estimate of drug-likeness (QED) is 0.817. The number of hydrogen-bond donors (Lipinski definition) is 2.